The van der Waals surface area contributed by atoms with Crippen LogP contribution in [0.15, 0.2) is 23.8 Å². The van der Waals surface area contributed by atoms with Gasteiger partial charge < -0.3 is 4.43 Å². The van der Waals surface area contributed by atoms with Crippen LogP contribution in [-0.2, 0) is 4.43 Å². The van der Waals surface area contributed by atoms with Crippen molar-refractivity contribution in [3.63, 3.8) is 0 Å². The first kappa shape index (κ1) is 34.8. The second-order valence-corrected chi connectivity index (χ2v) is 12.3. The molecule has 4 aliphatic rings. The average molecular weight is 848 g/mol. The molecule has 0 amide bonds. The molecule has 0 heterocycles. The third-order valence-corrected chi connectivity index (χ3v) is 10.6. The van der Waals surface area contributed by atoms with Crippen LogP contribution in [0, 0.1) is 170 Å². The summed E-state index contributed by atoms with van der Waals surface area (Å²) in [6, 6.07) is 0. The topological polar surface area (TPSA) is 9.23 Å². The molecule has 176 valence electrons. The summed E-state index contributed by atoms with van der Waals surface area (Å²) in [5, 5.41) is 0. The van der Waals surface area contributed by atoms with E-state index in [2.05, 4.69) is 63.3 Å². The number of fused-ring (bicyclic) bond motifs is 5. The van der Waals surface area contributed by atoms with E-state index in [1.807, 2.05) is 0 Å². The first-order valence-corrected chi connectivity index (χ1v) is 13.4. The van der Waals surface area contributed by atoms with Gasteiger partial charge in [0.2, 0.25) is 10.5 Å². The molecule has 0 N–H and O–H groups in total. The summed E-state index contributed by atoms with van der Waals surface area (Å²) < 4.78 is 5.56. The maximum Gasteiger partial charge on any atom is 0.246 e. The predicted molar refractivity (Wildman–Crippen MR) is 128 cm³/mol. The minimum atomic E-state index is 0. The fourth-order valence-corrected chi connectivity index (χ4v) is 8.75. The van der Waals surface area contributed by atoms with Gasteiger partial charge in [0.15, 0.2) is 0 Å². The van der Waals surface area contributed by atoms with Crippen molar-refractivity contribution in [2.45, 2.75) is 105 Å². The largest absolute Gasteiger partial charge is 0.415 e. The maximum absolute atomic E-state index is 5.56. The Hall–Kier alpha value is 3.75. The molecule has 4 rings (SSSR count). The Morgan fingerprint density at radius 3 is 2.42 bits per heavy atom. The Morgan fingerprint density at radius 1 is 1.06 bits per heavy atom. The molecule has 5 heteroatoms. The minimum absolute atomic E-state index is 0. The van der Waals surface area contributed by atoms with E-state index < -0.39 is 0 Å². The second-order valence-electron chi connectivity index (χ2n) is 12.1. The van der Waals surface area contributed by atoms with Crippen molar-refractivity contribution >= 4 is 10.5 Å². The van der Waals surface area contributed by atoms with Gasteiger partial charge in [-0.05, 0) is 111 Å². The number of allylic oxidation sites excluding steroid dienone is 3. The van der Waals surface area contributed by atoms with Crippen LogP contribution in [0.1, 0.15) is 98.8 Å². The van der Waals surface area contributed by atoms with E-state index in [-0.39, 0.29) is 124 Å². The van der Waals surface area contributed by atoms with E-state index in [1.165, 1.54) is 57.8 Å². The Bertz CT molecular complexity index is 680. The van der Waals surface area contributed by atoms with Crippen molar-refractivity contribution in [1.82, 2.24) is 0 Å². The molecule has 0 aliphatic heterocycles. The van der Waals surface area contributed by atoms with Gasteiger partial charge in [-0.2, -0.15) is 0 Å². The molecule has 4 aliphatic carbocycles. The molecule has 3 fully saturated rings. The van der Waals surface area contributed by atoms with E-state index in [9.17, 15) is 0 Å². The fraction of sp³-hybridized carbons (Fsp3) is 0.857. The van der Waals surface area contributed by atoms with Gasteiger partial charge in [-0.3, -0.25) is 0 Å². The first-order chi connectivity index (χ1) is 14.3. The van der Waals surface area contributed by atoms with Gasteiger partial charge in [0.25, 0.3) is 0 Å². The van der Waals surface area contributed by atoms with Gasteiger partial charge in [0.05, 0.1) is 0 Å². The molecule has 0 spiro atoms. The van der Waals surface area contributed by atoms with E-state index in [1.54, 1.807) is 5.57 Å². The summed E-state index contributed by atoms with van der Waals surface area (Å²) in [5.41, 5.74) is 2.71. The zero-order chi connectivity index (χ0) is 21.5. The molecule has 8 atom stereocenters. The molecule has 6 radical (unpaired) electrons. The summed E-state index contributed by atoms with van der Waals surface area (Å²) in [5.74, 6) is 5.21. The van der Waals surface area contributed by atoms with Gasteiger partial charge in [-0.1, -0.05) is 58.4 Å². The van der Waals surface area contributed by atoms with Gasteiger partial charge in [-0.25, -0.2) is 0 Å². The summed E-state index contributed by atoms with van der Waals surface area (Å²) >= 11 is 0. The van der Waals surface area contributed by atoms with Crippen molar-refractivity contribution in [1.29, 1.82) is 0 Å². The smallest absolute Gasteiger partial charge is 0.246 e. The van der Waals surface area contributed by atoms with Gasteiger partial charge >= 0.3 is 0 Å². The third kappa shape index (κ3) is 7.10. The summed E-state index contributed by atoms with van der Waals surface area (Å²) in [6.45, 7) is 12.4. The number of rotatable bonds is 6. The van der Waals surface area contributed by atoms with Gasteiger partial charge in [0.1, 0.15) is 0 Å². The maximum atomic E-state index is 5.56. The van der Waals surface area contributed by atoms with Crippen molar-refractivity contribution in [3.8, 4) is 0 Å². The van der Waals surface area contributed by atoms with Crippen molar-refractivity contribution in [2.24, 2.45) is 46.3 Å². The zero-order valence-corrected chi connectivity index (χ0v) is 34.1. The second kappa shape index (κ2) is 14.9. The molecule has 33 heavy (non-hydrogen) atoms. The third-order valence-electron chi connectivity index (χ3n) is 10.3. The average Bonchev–Trinajstić information content (AvgIpc) is 3.07. The number of hydrogen-bond acceptors (Lipinski definition) is 1. The molecular weight excluding hydrogens is 803 g/mol. The molecular formula is C28H45OPr3Si. The van der Waals surface area contributed by atoms with Crippen LogP contribution in [0.25, 0.3) is 0 Å². The minimum Gasteiger partial charge on any atom is -0.415 e. The number of hydrogen-bond donors (Lipinski definition) is 0. The van der Waals surface area contributed by atoms with E-state index in [0.29, 0.717) is 16.9 Å². The van der Waals surface area contributed by atoms with Crippen LogP contribution in [0.5, 0.6) is 0 Å². The van der Waals surface area contributed by atoms with Crippen LogP contribution >= 0.6 is 0 Å². The summed E-state index contributed by atoms with van der Waals surface area (Å²) in [7, 11) is 3.33. The molecule has 0 saturated heterocycles. The SMILES string of the molecule is CC[C@@H](/C=C\CC(C)C)[C@H]1CC[C@H]2[C@@H]3CC=C4CC(O[Si])CC[C@]4(C)[C@H]3CC[C@]12C.[Pr].[Pr].[Pr]. The Morgan fingerprint density at radius 2 is 1.79 bits per heavy atom. The summed E-state index contributed by atoms with van der Waals surface area (Å²) in [4.78, 5) is 0. The monoisotopic (exact) mass is 848 g/mol. The fourth-order valence-electron chi connectivity index (χ4n) is 8.55. The Labute approximate surface area is 308 Å². The van der Waals surface area contributed by atoms with Crippen molar-refractivity contribution in [2.75, 3.05) is 0 Å². The van der Waals surface area contributed by atoms with Crippen LogP contribution in [-0.4, -0.2) is 16.6 Å². The van der Waals surface area contributed by atoms with Crippen molar-refractivity contribution < 1.29 is 128 Å². The first-order valence-electron chi connectivity index (χ1n) is 13.0. The molecule has 1 nitrogen and oxygen atoms in total. The Balaban J connectivity index is 0.00000181. The van der Waals surface area contributed by atoms with Crippen LogP contribution in [0.3, 0.4) is 0 Å². The van der Waals surface area contributed by atoms with Crippen LogP contribution < -0.4 is 0 Å². The van der Waals surface area contributed by atoms with E-state index in [4.69, 9.17) is 4.43 Å². The van der Waals surface area contributed by atoms with Crippen LogP contribution in [0.2, 0.25) is 0 Å². The Kier molecular flexibility index (Phi) is 15.7. The molecule has 1 unspecified atom stereocenters. The molecule has 0 aromatic carbocycles. The standard InChI is InChI=1S/C28H45OSi.3Pr/c1-6-20(9-7-8-19(2)3)24-12-13-25-23-11-10-21-18-22(29-30)14-16-27(21,4)26(23)15-17-28(24,25)5;;;/h7,9-10,19-20,22-26H,6,8,11-18H2,1-5H3;;;/b9-7-;;;/t20-,22?,23-,24+,25-,26-,27-,28+;;;/m0.../s1. The molecule has 0 aromatic rings. The van der Waals surface area contributed by atoms with Gasteiger partial charge in [0, 0.05) is 130 Å². The molecule has 0 aromatic heterocycles. The molecule has 3 saturated carbocycles. The van der Waals surface area contributed by atoms with Crippen molar-refractivity contribution in [3.05, 3.63) is 23.8 Å². The van der Waals surface area contributed by atoms with Crippen LogP contribution in [0.4, 0.5) is 0 Å². The quantitative estimate of drug-likeness (QED) is 0.197. The molecule has 0 bridgehead atoms. The van der Waals surface area contributed by atoms with E-state index in [0.717, 1.165) is 41.9 Å². The summed E-state index contributed by atoms with van der Waals surface area (Å²) in [6.07, 6.45) is 21.6. The van der Waals surface area contributed by atoms with E-state index >= 15 is 0 Å². The normalized spacial score (nSPS) is 40.5. The zero-order valence-electron chi connectivity index (χ0n) is 22.0. The van der Waals surface area contributed by atoms with Gasteiger partial charge in [-0.15, -0.1) is 0 Å². The predicted octanol–water partition coefficient (Wildman–Crippen LogP) is 7.66.